The molecule has 3 rings (SSSR count). The first kappa shape index (κ1) is 22.8. The van der Waals surface area contributed by atoms with Gasteiger partial charge in [-0.3, -0.25) is 9.59 Å². The Hall–Kier alpha value is -3.89. The van der Waals surface area contributed by atoms with Gasteiger partial charge in [0, 0.05) is 18.2 Å². The molecule has 0 bridgehead atoms. The van der Waals surface area contributed by atoms with E-state index in [1.165, 1.54) is 48.0 Å². The van der Waals surface area contributed by atoms with Crippen molar-refractivity contribution < 1.29 is 27.5 Å². The molecule has 0 saturated carbocycles. The van der Waals surface area contributed by atoms with E-state index in [0.717, 1.165) is 6.07 Å². The lowest BCUT2D eigenvalue weighted by atomic mass is 10.0. The van der Waals surface area contributed by atoms with Crippen LogP contribution in [0.5, 0.6) is 5.75 Å². The van der Waals surface area contributed by atoms with Crippen LogP contribution in [0.25, 0.3) is 11.4 Å². The lowest BCUT2D eigenvalue weighted by Crippen LogP contribution is -2.30. The SMILES string of the molecule is Cn1c(-c2ccccc2C(F)(F)F)nnc1C(C)(C)Oc1ccc(C(N)=O)cc1C(N)=O. The lowest BCUT2D eigenvalue weighted by molar-refractivity contribution is -0.137. The molecule has 32 heavy (non-hydrogen) atoms. The van der Waals surface area contributed by atoms with Crippen LogP contribution in [0.2, 0.25) is 0 Å². The number of carbonyl (C=O) groups excluding carboxylic acids is 2. The Morgan fingerprint density at radius 1 is 1.00 bits per heavy atom. The Morgan fingerprint density at radius 3 is 2.25 bits per heavy atom. The number of halogens is 3. The Kier molecular flexibility index (Phi) is 5.69. The topological polar surface area (TPSA) is 126 Å². The number of benzene rings is 2. The molecule has 0 spiro atoms. The molecule has 0 aliphatic heterocycles. The zero-order chi connectivity index (χ0) is 23.8. The number of ether oxygens (including phenoxy) is 1. The standard InChI is InChI=1S/C21H20F3N5O3/c1-20(2,32-15-9-8-11(16(25)30)10-13(15)17(26)31)19-28-27-18(29(19)3)12-6-4-5-7-14(12)21(22,23)24/h4-10H,1-3H3,(H2,25,30)(H2,26,31). The van der Waals surface area contributed by atoms with E-state index in [1.54, 1.807) is 13.8 Å². The fourth-order valence-electron chi connectivity index (χ4n) is 3.30. The number of hydrogen-bond donors (Lipinski definition) is 2. The van der Waals surface area contributed by atoms with Crippen molar-refractivity contribution in [1.29, 1.82) is 0 Å². The minimum atomic E-state index is -4.58. The molecule has 0 aliphatic rings. The first-order valence-corrected chi connectivity index (χ1v) is 9.32. The van der Waals surface area contributed by atoms with Gasteiger partial charge in [-0.05, 0) is 38.1 Å². The molecule has 4 N–H and O–H groups in total. The van der Waals surface area contributed by atoms with E-state index in [4.69, 9.17) is 16.2 Å². The molecule has 11 heteroatoms. The molecule has 168 valence electrons. The predicted octanol–water partition coefficient (Wildman–Crippen LogP) is 3.01. The van der Waals surface area contributed by atoms with Gasteiger partial charge >= 0.3 is 6.18 Å². The van der Waals surface area contributed by atoms with Gasteiger partial charge in [0.1, 0.15) is 5.75 Å². The molecule has 0 unspecified atom stereocenters. The van der Waals surface area contributed by atoms with Gasteiger partial charge in [0.25, 0.3) is 5.91 Å². The second-order valence-electron chi connectivity index (χ2n) is 7.50. The molecule has 0 fully saturated rings. The van der Waals surface area contributed by atoms with Gasteiger partial charge in [-0.25, -0.2) is 0 Å². The molecule has 2 amide bonds. The Bertz CT molecular complexity index is 1200. The number of rotatable bonds is 6. The van der Waals surface area contributed by atoms with Crippen LogP contribution in [-0.4, -0.2) is 26.6 Å². The summed E-state index contributed by atoms with van der Waals surface area (Å²) < 4.78 is 47.7. The minimum absolute atomic E-state index is 0.0104. The molecule has 0 saturated heterocycles. The maximum Gasteiger partial charge on any atom is 0.417 e. The molecule has 0 radical (unpaired) electrons. The number of carbonyl (C=O) groups is 2. The van der Waals surface area contributed by atoms with Crippen LogP contribution in [0.15, 0.2) is 42.5 Å². The van der Waals surface area contributed by atoms with Crippen molar-refractivity contribution in [2.75, 3.05) is 0 Å². The van der Waals surface area contributed by atoms with Crippen LogP contribution in [0.4, 0.5) is 13.2 Å². The van der Waals surface area contributed by atoms with Gasteiger partial charge in [0.15, 0.2) is 17.2 Å². The predicted molar refractivity (Wildman–Crippen MR) is 109 cm³/mol. The molecule has 0 atom stereocenters. The van der Waals surface area contributed by atoms with Crippen molar-refractivity contribution in [3.05, 3.63) is 65.0 Å². The number of amides is 2. The average molecular weight is 447 g/mol. The van der Waals surface area contributed by atoms with E-state index >= 15 is 0 Å². The summed E-state index contributed by atoms with van der Waals surface area (Å²) in [7, 11) is 1.51. The third-order valence-corrected chi connectivity index (χ3v) is 4.78. The summed E-state index contributed by atoms with van der Waals surface area (Å²) in [5.74, 6) is -1.37. The Labute approximate surface area is 181 Å². The van der Waals surface area contributed by atoms with Crippen LogP contribution < -0.4 is 16.2 Å². The monoisotopic (exact) mass is 447 g/mol. The summed E-state index contributed by atoms with van der Waals surface area (Å²) >= 11 is 0. The molecule has 1 aromatic heterocycles. The van der Waals surface area contributed by atoms with E-state index < -0.39 is 29.2 Å². The average Bonchev–Trinajstić information content (AvgIpc) is 3.09. The van der Waals surface area contributed by atoms with E-state index in [-0.39, 0.29) is 34.1 Å². The first-order chi connectivity index (χ1) is 14.8. The number of nitrogens with two attached hydrogens (primary N) is 2. The van der Waals surface area contributed by atoms with Crippen LogP contribution in [-0.2, 0) is 18.8 Å². The largest absolute Gasteiger partial charge is 0.479 e. The minimum Gasteiger partial charge on any atom is -0.479 e. The molecule has 2 aromatic carbocycles. The fraction of sp³-hybridized carbons (Fsp3) is 0.238. The highest BCUT2D eigenvalue weighted by Gasteiger charge is 2.36. The fourth-order valence-corrected chi connectivity index (χ4v) is 3.30. The Balaban J connectivity index is 2.04. The molecule has 8 nitrogen and oxygen atoms in total. The normalized spacial score (nSPS) is 11.9. The Morgan fingerprint density at radius 2 is 1.66 bits per heavy atom. The zero-order valence-electron chi connectivity index (χ0n) is 17.4. The van der Waals surface area contributed by atoms with Gasteiger partial charge in [-0.1, -0.05) is 18.2 Å². The molecule has 0 aliphatic carbocycles. The van der Waals surface area contributed by atoms with Gasteiger partial charge < -0.3 is 20.8 Å². The number of hydrogen-bond acceptors (Lipinski definition) is 5. The highest BCUT2D eigenvalue weighted by Crippen LogP contribution is 2.37. The molecule has 3 aromatic rings. The number of aromatic nitrogens is 3. The number of primary amides is 2. The quantitative estimate of drug-likeness (QED) is 0.601. The van der Waals surface area contributed by atoms with Crippen LogP contribution in [0, 0.1) is 0 Å². The smallest absolute Gasteiger partial charge is 0.417 e. The van der Waals surface area contributed by atoms with Crippen molar-refractivity contribution in [3.63, 3.8) is 0 Å². The summed E-state index contributed by atoms with van der Waals surface area (Å²) in [6.45, 7) is 3.20. The maximum absolute atomic E-state index is 13.4. The van der Waals surface area contributed by atoms with Crippen LogP contribution in [0.3, 0.4) is 0 Å². The van der Waals surface area contributed by atoms with Gasteiger partial charge in [0.05, 0.1) is 11.1 Å². The summed E-state index contributed by atoms with van der Waals surface area (Å²) in [5.41, 5.74) is 8.38. The van der Waals surface area contributed by atoms with Crippen molar-refractivity contribution in [3.8, 4) is 17.1 Å². The second kappa shape index (κ2) is 7.98. The van der Waals surface area contributed by atoms with Gasteiger partial charge in [0.2, 0.25) is 5.91 Å². The molecule has 1 heterocycles. The van der Waals surface area contributed by atoms with Gasteiger partial charge in [-0.2, -0.15) is 13.2 Å². The van der Waals surface area contributed by atoms with Crippen LogP contribution >= 0.6 is 0 Å². The van der Waals surface area contributed by atoms with Crippen molar-refractivity contribution in [2.24, 2.45) is 18.5 Å². The zero-order valence-corrected chi connectivity index (χ0v) is 17.4. The van der Waals surface area contributed by atoms with Crippen molar-refractivity contribution >= 4 is 11.8 Å². The van der Waals surface area contributed by atoms with E-state index in [2.05, 4.69) is 10.2 Å². The van der Waals surface area contributed by atoms with Crippen LogP contribution in [0.1, 0.15) is 46.0 Å². The van der Waals surface area contributed by atoms with E-state index in [9.17, 15) is 22.8 Å². The lowest BCUT2D eigenvalue weighted by Gasteiger charge is -2.26. The number of nitrogens with zero attached hydrogens (tertiary/aromatic N) is 3. The highest BCUT2D eigenvalue weighted by atomic mass is 19.4. The number of alkyl halides is 3. The van der Waals surface area contributed by atoms with Gasteiger partial charge in [-0.15, -0.1) is 10.2 Å². The third-order valence-electron chi connectivity index (χ3n) is 4.78. The first-order valence-electron chi connectivity index (χ1n) is 9.32. The molecular formula is C21H20F3N5O3. The second-order valence-corrected chi connectivity index (χ2v) is 7.50. The summed E-state index contributed by atoms with van der Waals surface area (Å²) in [5, 5.41) is 7.98. The highest BCUT2D eigenvalue weighted by molar-refractivity contribution is 6.00. The van der Waals surface area contributed by atoms with E-state index in [0.29, 0.717) is 0 Å². The van der Waals surface area contributed by atoms with Crippen molar-refractivity contribution in [1.82, 2.24) is 14.8 Å². The summed E-state index contributed by atoms with van der Waals surface area (Å²) in [6.07, 6.45) is -4.58. The summed E-state index contributed by atoms with van der Waals surface area (Å²) in [4.78, 5) is 23.3. The third kappa shape index (κ3) is 4.27. The van der Waals surface area contributed by atoms with Crippen molar-refractivity contribution in [2.45, 2.75) is 25.6 Å². The van der Waals surface area contributed by atoms with E-state index in [1.807, 2.05) is 0 Å². The maximum atomic E-state index is 13.4. The summed E-state index contributed by atoms with van der Waals surface area (Å²) in [6, 6.07) is 8.96. The molecular weight excluding hydrogens is 427 g/mol.